The van der Waals surface area contributed by atoms with Crippen LogP contribution in [0.15, 0.2) is 140 Å². The van der Waals surface area contributed by atoms with E-state index in [4.69, 9.17) is 15.0 Å². The largest absolute Gasteiger partial charge is 0.308 e. The first kappa shape index (κ1) is 30.3. The van der Waals surface area contributed by atoms with Crippen molar-refractivity contribution >= 4 is 21.8 Å². The molecule has 49 heavy (non-hydrogen) atoms. The van der Waals surface area contributed by atoms with E-state index in [-0.39, 0.29) is 5.41 Å². The van der Waals surface area contributed by atoms with Gasteiger partial charge in [-0.15, -0.1) is 0 Å². The van der Waals surface area contributed by atoms with E-state index >= 15 is 4.39 Å². The first-order valence-electron chi connectivity index (χ1n) is 16.3. The molecule has 0 amide bonds. The average Bonchev–Trinajstić information content (AvgIpc) is 3.45. The Balaban J connectivity index is 1.47. The average molecular weight is 643 g/mol. The molecule has 238 valence electrons. The number of rotatable bonds is 5. The molecule has 0 fully saturated rings. The lowest BCUT2D eigenvalue weighted by Gasteiger charge is -2.20. The lowest BCUT2D eigenvalue weighted by Crippen LogP contribution is -2.11. The highest BCUT2D eigenvalue weighted by Gasteiger charge is 2.22. The lowest BCUT2D eigenvalue weighted by molar-refractivity contribution is 0.585. The quantitative estimate of drug-likeness (QED) is 0.188. The molecule has 0 bridgehead atoms. The van der Waals surface area contributed by atoms with Gasteiger partial charge in [-0.2, -0.15) is 0 Å². The lowest BCUT2D eigenvalue weighted by atomic mass is 9.86. The van der Waals surface area contributed by atoms with Gasteiger partial charge < -0.3 is 4.57 Å². The second-order valence-corrected chi connectivity index (χ2v) is 13.2. The fourth-order valence-corrected chi connectivity index (χ4v) is 6.42. The van der Waals surface area contributed by atoms with Gasteiger partial charge in [0.2, 0.25) is 0 Å². The third-order valence-corrected chi connectivity index (χ3v) is 8.96. The molecule has 0 radical (unpaired) electrons. The molecule has 0 saturated heterocycles. The Labute approximate surface area is 283 Å². The van der Waals surface area contributed by atoms with E-state index in [0.29, 0.717) is 28.6 Å². The molecule has 0 aliphatic rings. The van der Waals surface area contributed by atoms with E-state index < -0.39 is 11.6 Å². The number of hydrogen-bond donors (Lipinski definition) is 0. The molecule has 2 aromatic heterocycles. The van der Waals surface area contributed by atoms with Gasteiger partial charge in [0, 0.05) is 39.1 Å². The number of halogens is 2. The summed E-state index contributed by atoms with van der Waals surface area (Å²) >= 11 is 0. The summed E-state index contributed by atoms with van der Waals surface area (Å²) in [5.41, 5.74) is 7.22. The Bertz CT molecular complexity index is 2440. The SMILES string of the molecule is CC(C)(C)c1ccc2c3ccccc3n(-c3cc(-c4ccc(F)cc4F)ccc3-c3nc(-c4ccccc4)nc(-c4ccccc4)n3)c2c1. The zero-order chi connectivity index (χ0) is 33.7. The van der Waals surface area contributed by atoms with E-state index in [1.807, 2.05) is 91.0 Å². The van der Waals surface area contributed by atoms with Crippen molar-refractivity contribution in [3.63, 3.8) is 0 Å². The molecule has 4 nitrogen and oxygen atoms in total. The van der Waals surface area contributed by atoms with Crippen LogP contribution in [0.4, 0.5) is 8.78 Å². The number of nitrogens with zero attached hydrogens (tertiary/aromatic N) is 4. The van der Waals surface area contributed by atoms with Crippen LogP contribution >= 0.6 is 0 Å². The molecule has 0 atom stereocenters. The fraction of sp³-hybridized carbons (Fsp3) is 0.0930. The smallest absolute Gasteiger partial charge is 0.166 e. The van der Waals surface area contributed by atoms with Gasteiger partial charge in [-0.05, 0) is 52.9 Å². The molecular weight excluding hydrogens is 610 g/mol. The number of fused-ring (bicyclic) bond motifs is 3. The standard InChI is InChI=1S/C43H32F2N4/c1-43(2,3)30-19-22-34-33-16-10-11-17-37(33)49(39(34)25-30)38-24-29(32-23-20-31(44)26-36(32)45)18-21-35(38)42-47-40(27-12-6-4-7-13-27)46-41(48-42)28-14-8-5-9-15-28/h4-26H,1-3H3. The number of benzene rings is 6. The highest BCUT2D eigenvalue weighted by atomic mass is 19.1. The monoisotopic (exact) mass is 642 g/mol. The zero-order valence-corrected chi connectivity index (χ0v) is 27.3. The minimum atomic E-state index is -0.631. The van der Waals surface area contributed by atoms with Crippen LogP contribution in [0.25, 0.3) is 72.8 Å². The van der Waals surface area contributed by atoms with Gasteiger partial charge in [0.15, 0.2) is 17.5 Å². The highest BCUT2D eigenvalue weighted by Crippen LogP contribution is 2.40. The van der Waals surface area contributed by atoms with Gasteiger partial charge in [0.05, 0.1) is 16.7 Å². The summed E-state index contributed by atoms with van der Waals surface area (Å²) in [5, 5.41) is 2.19. The van der Waals surface area contributed by atoms with Crippen LogP contribution in [0.3, 0.4) is 0 Å². The predicted molar refractivity (Wildman–Crippen MR) is 195 cm³/mol. The van der Waals surface area contributed by atoms with Gasteiger partial charge in [-0.1, -0.05) is 118 Å². The van der Waals surface area contributed by atoms with Crippen LogP contribution in [0.2, 0.25) is 0 Å². The third-order valence-electron chi connectivity index (χ3n) is 8.96. The fourth-order valence-electron chi connectivity index (χ4n) is 6.42. The second kappa shape index (κ2) is 11.9. The third kappa shape index (κ3) is 5.55. The zero-order valence-electron chi connectivity index (χ0n) is 27.3. The predicted octanol–water partition coefficient (Wildman–Crippen LogP) is 11.2. The Morgan fingerprint density at radius 2 is 1.08 bits per heavy atom. The topological polar surface area (TPSA) is 43.6 Å². The molecule has 0 unspecified atom stereocenters. The van der Waals surface area contributed by atoms with E-state index in [9.17, 15) is 4.39 Å². The van der Waals surface area contributed by atoms with Crippen molar-refractivity contribution in [3.8, 4) is 51.0 Å². The maximum absolute atomic E-state index is 15.3. The van der Waals surface area contributed by atoms with Crippen molar-refractivity contribution in [1.29, 1.82) is 0 Å². The van der Waals surface area contributed by atoms with Gasteiger partial charge in [0.1, 0.15) is 11.6 Å². The van der Waals surface area contributed by atoms with E-state index in [2.05, 4.69) is 55.7 Å². The van der Waals surface area contributed by atoms with Gasteiger partial charge >= 0.3 is 0 Å². The molecule has 0 N–H and O–H groups in total. The van der Waals surface area contributed by atoms with Crippen molar-refractivity contribution < 1.29 is 8.78 Å². The maximum Gasteiger partial charge on any atom is 0.166 e. The van der Waals surface area contributed by atoms with E-state index in [1.54, 1.807) is 0 Å². The van der Waals surface area contributed by atoms with Gasteiger partial charge in [-0.25, -0.2) is 23.7 Å². The van der Waals surface area contributed by atoms with Crippen molar-refractivity contribution in [3.05, 3.63) is 157 Å². The van der Waals surface area contributed by atoms with Gasteiger partial charge in [0.25, 0.3) is 0 Å². The Kier molecular flexibility index (Phi) is 7.37. The number of hydrogen-bond acceptors (Lipinski definition) is 3. The summed E-state index contributed by atoms with van der Waals surface area (Å²) in [6.45, 7) is 6.60. The molecule has 0 aliphatic carbocycles. The maximum atomic E-state index is 15.3. The first-order chi connectivity index (χ1) is 23.7. The van der Waals surface area contributed by atoms with Crippen molar-refractivity contribution in [2.75, 3.05) is 0 Å². The van der Waals surface area contributed by atoms with Crippen LogP contribution < -0.4 is 0 Å². The summed E-state index contributed by atoms with van der Waals surface area (Å²) in [6, 6.07) is 44.0. The Morgan fingerprint density at radius 3 is 1.73 bits per heavy atom. The molecule has 0 spiro atoms. The summed E-state index contributed by atoms with van der Waals surface area (Å²) in [5.74, 6) is 0.311. The van der Waals surface area contributed by atoms with Crippen molar-refractivity contribution in [2.24, 2.45) is 0 Å². The summed E-state index contributed by atoms with van der Waals surface area (Å²) < 4.78 is 31.6. The van der Waals surface area contributed by atoms with Crippen LogP contribution in [0.5, 0.6) is 0 Å². The summed E-state index contributed by atoms with van der Waals surface area (Å²) in [7, 11) is 0. The minimum Gasteiger partial charge on any atom is -0.308 e. The Hall–Kier alpha value is -6.01. The molecule has 2 heterocycles. The molecule has 0 aliphatic heterocycles. The molecule has 8 aromatic rings. The van der Waals surface area contributed by atoms with Crippen molar-refractivity contribution in [2.45, 2.75) is 26.2 Å². The molecule has 6 heteroatoms. The van der Waals surface area contributed by atoms with Crippen LogP contribution in [0.1, 0.15) is 26.3 Å². The van der Waals surface area contributed by atoms with E-state index in [0.717, 1.165) is 50.2 Å². The molecule has 0 saturated carbocycles. The number of para-hydroxylation sites is 1. The molecular formula is C43H32F2N4. The summed E-state index contributed by atoms with van der Waals surface area (Å²) in [6.07, 6.45) is 0. The first-order valence-corrected chi connectivity index (χ1v) is 16.3. The van der Waals surface area contributed by atoms with Crippen LogP contribution in [-0.2, 0) is 5.41 Å². The van der Waals surface area contributed by atoms with Gasteiger partial charge in [-0.3, -0.25) is 0 Å². The Morgan fingerprint density at radius 1 is 0.490 bits per heavy atom. The van der Waals surface area contributed by atoms with Crippen LogP contribution in [0, 0.1) is 11.6 Å². The van der Waals surface area contributed by atoms with Crippen LogP contribution in [-0.4, -0.2) is 19.5 Å². The second-order valence-electron chi connectivity index (χ2n) is 13.2. The minimum absolute atomic E-state index is 0.0965. The van der Waals surface area contributed by atoms with E-state index in [1.165, 1.54) is 17.7 Å². The summed E-state index contributed by atoms with van der Waals surface area (Å²) in [4.78, 5) is 15.0. The molecule has 8 rings (SSSR count). The normalized spacial score (nSPS) is 11.8. The highest BCUT2D eigenvalue weighted by molar-refractivity contribution is 6.10. The molecule has 6 aromatic carbocycles. The van der Waals surface area contributed by atoms with Crippen molar-refractivity contribution in [1.82, 2.24) is 19.5 Å². The number of aromatic nitrogens is 4.